The van der Waals surface area contributed by atoms with Crippen molar-refractivity contribution < 1.29 is 14.7 Å². The molecule has 1 aromatic heterocycles. The van der Waals surface area contributed by atoms with E-state index in [1.165, 1.54) is 34.4 Å². The molecule has 1 amide bonds. The van der Waals surface area contributed by atoms with Crippen LogP contribution in [-0.4, -0.2) is 24.0 Å². The minimum atomic E-state index is -1.06. The van der Waals surface area contributed by atoms with Gasteiger partial charge in [-0.25, -0.2) is 4.79 Å². The number of aromatic carboxylic acids is 1. The van der Waals surface area contributed by atoms with Crippen LogP contribution in [0, 0.1) is 0 Å². The van der Waals surface area contributed by atoms with Crippen LogP contribution in [0.1, 0.15) is 20.7 Å². The molecule has 2 rings (SSSR count). The standard InChI is InChI=1S/C13H11BrN2O3S/c1-16(12(17)8-5-11(14)20-6-8)10-3-2-7(13(18)19)4-9(10)15/h2-6H,15H2,1H3,(H,18,19). The van der Waals surface area contributed by atoms with E-state index in [9.17, 15) is 9.59 Å². The Labute approximate surface area is 127 Å². The molecule has 0 saturated heterocycles. The fraction of sp³-hybridized carbons (Fsp3) is 0.0769. The summed E-state index contributed by atoms with van der Waals surface area (Å²) >= 11 is 4.72. The summed E-state index contributed by atoms with van der Waals surface area (Å²) in [6, 6.07) is 6.01. The first-order chi connectivity index (χ1) is 9.40. The van der Waals surface area contributed by atoms with Gasteiger partial charge in [-0.3, -0.25) is 4.79 Å². The second kappa shape index (κ2) is 5.64. The van der Waals surface area contributed by atoms with Gasteiger partial charge in [0.25, 0.3) is 5.91 Å². The van der Waals surface area contributed by atoms with Crippen molar-refractivity contribution in [2.24, 2.45) is 0 Å². The Morgan fingerprint density at radius 3 is 2.50 bits per heavy atom. The average Bonchev–Trinajstić information content (AvgIpc) is 2.83. The number of halogens is 1. The Balaban J connectivity index is 2.31. The SMILES string of the molecule is CN(C(=O)c1csc(Br)c1)c1ccc(C(=O)O)cc1N. The van der Waals surface area contributed by atoms with Gasteiger partial charge in [-0.1, -0.05) is 0 Å². The van der Waals surface area contributed by atoms with Crippen LogP contribution in [0.3, 0.4) is 0 Å². The summed E-state index contributed by atoms with van der Waals surface area (Å²) in [4.78, 5) is 24.5. The number of nitrogens with zero attached hydrogens (tertiary/aromatic N) is 1. The van der Waals surface area contributed by atoms with Gasteiger partial charge in [0, 0.05) is 12.4 Å². The first-order valence-corrected chi connectivity index (χ1v) is 7.22. The van der Waals surface area contributed by atoms with Gasteiger partial charge in [0.2, 0.25) is 0 Å². The number of carbonyl (C=O) groups excluding carboxylic acids is 1. The lowest BCUT2D eigenvalue weighted by atomic mass is 10.1. The zero-order valence-corrected chi connectivity index (χ0v) is 12.9. The van der Waals surface area contributed by atoms with Crippen LogP contribution >= 0.6 is 27.3 Å². The number of carbonyl (C=O) groups is 2. The summed E-state index contributed by atoms with van der Waals surface area (Å²) in [5, 5.41) is 10.6. The van der Waals surface area contributed by atoms with E-state index in [-0.39, 0.29) is 17.2 Å². The normalized spacial score (nSPS) is 10.3. The van der Waals surface area contributed by atoms with Crippen LogP contribution in [0.4, 0.5) is 11.4 Å². The van der Waals surface area contributed by atoms with E-state index in [0.717, 1.165) is 3.79 Å². The van der Waals surface area contributed by atoms with E-state index in [2.05, 4.69) is 15.9 Å². The first kappa shape index (κ1) is 14.5. The van der Waals surface area contributed by atoms with Gasteiger partial charge in [0.1, 0.15) is 0 Å². The van der Waals surface area contributed by atoms with Gasteiger partial charge in [-0.2, -0.15) is 0 Å². The third-order valence-corrected chi connectivity index (χ3v) is 4.26. The van der Waals surface area contributed by atoms with Crippen LogP contribution in [0.5, 0.6) is 0 Å². The minimum absolute atomic E-state index is 0.0883. The monoisotopic (exact) mass is 354 g/mol. The van der Waals surface area contributed by atoms with Crippen molar-refractivity contribution in [1.82, 2.24) is 0 Å². The van der Waals surface area contributed by atoms with E-state index in [4.69, 9.17) is 10.8 Å². The summed E-state index contributed by atoms with van der Waals surface area (Å²) < 4.78 is 0.864. The van der Waals surface area contributed by atoms with Gasteiger partial charge in [0.15, 0.2) is 0 Å². The fourth-order valence-electron chi connectivity index (χ4n) is 1.72. The molecule has 0 aliphatic heterocycles. The largest absolute Gasteiger partial charge is 0.478 e. The third-order valence-electron chi connectivity index (χ3n) is 2.75. The number of carboxylic acid groups (broad SMARTS) is 1. The Hall–Kier alpha value is -1.86. The molecular weight excluding hydrogens is 344 g/mol. The van der Waals surface area contributed by atoms with E-state index in [0.29, 0.717) is 11.3 Å². The second-order valence-corrected chi connectivity index (χ2v) is 6.37. The number of benzene rings is 1. The molecule has 1 aromatic carbocycles. The molecule has 0 bridgehead atoms. The topological polar surface area (TPSA) is 83.6 Å². The van der Waals surface area contributed by atoms with Crippen LogP contribution in [-0.2, 0) is 0 Å². The Morgan fingerprint density at radius 1 is 1.30 bits per heavy atom. The predicted octanol–water partition coefficient (Wildman–Crippen LogP) is 3.07. The summed E-state index contributed by atoms with van der Waals surface area (Å²) in [7, 11) is 1.60. The van der Waals surface area contributed by atoms with Crippen molar-refractivity contribution in [3.05, 3.63) is 44.6 Å². The lowest BCUT2D eigenvalue weighted by Gasteiger charge is -2.19. The van der Waals surface area contributed by atoms with Crippen molar-refractivity contribution >= 4 is 50.5 Å². The van der Waals surface area contributed by atoms with Gasteiger partial charge in [-0.15, -0.1) is 11.3 Å². The lowest BCUT2D eigenvalue weighted by Crippen LogP contribution is -2.26. The zero-order chi connectivity index (χ0) is 14.9. The number of hydrogen-bond acceptors (Lipinski definition) is 4. The average molecular weight is 355 g/mol. The van der Waals surface area contributed by atoms with E-state index in [1.54, 1.807) is 18.5 Å². The summed E-state index contributed by atoms with van der Waals surface area (Å²) in [5.41, 5.74) is 7.17. The van der Waals surface area contributed by atoms with Crippen LogP contribution in [0.25, 0.3) is 0 Å². The number of hydrogen-bond donors (Lipinski definition) is 2. The maximum absolute atomic E-state index is 12.3. The van der Waals surface area contributed by atoms with Crippen LogP contribution in [0.2, 0.25) is 0 Å². The molecule has 0 radical (unpaired) electrons. The molecule has 0 saturated carbocycles. The van der Waals surface area contributed by atoms with Crippen molar-refractivity contribution in [3.8, 4) is 0 Å². The van der Waals surface area contributed by atoms with Gasteiger partial charge in [-0.05, 0) is 40.2 Å². The van der Waals surface area contributed by atoms with Gasteiger partial charge in [0.05, 0.1) is 26.3 Å². The van der Waals surface area contributed by atoms with Crippen molar-refractivity contribution in [2.75, 3.05) is 17.7 Å². The predicted molar refractivity (Wildman–Crippen MR) is 82.6 cm³/mol. The van der Waals surface area contributed by atoms with Crippen molar-refractivity contribution in [1.29, 1.82) is 0 Å². The summed E-state index contributed by atoms with van der Waals surface area (Å²) in [6.07, 6.45) is 0. The molecule has 0 fully saturated rings. The van der Waals surface area contributed by atoms with Crippen LogP contribution in [0.15, 0.2) is 33.4 Å². The van der Waals surface area contributed by atoms with Crippen molar-refractivity contribution in [2.45, 2.75) is 0 Å². The molecule has 7 heteroatoms. The molecule has 0 unspecified atom stereocenters. The van der Waals surface area contributed by atoms with Crippen molar-refractivity contribution in [3.63, 3.8) is 0 Å². The molecule has 1 heterocycles. The molecule has 0 atom stereocenters. The number of anilines is 2. The van der Waals surface area contributed by atoms with E-state index < -0.39 is 5.97 Å². The number of amides is 1. The number of rotatable bonds is 3. The maximum atomic E-state index is 12.3. The molecule has 0 aliphatic carbocycles. The minimum Gasteiger partial charge on any atom is -0.478 e. The first-order valence-electron chi connectivity index (χ1n) is 5.55. The highest BCUT2D eigenvalue weighted by Crippen LogP contribution is 2.27. The zero-order valence-electron chi connectivity index (χ0n) is 10.5. The highest BCUT2D eigenvalue weighted by atomic mass is 79.9. The van der Waals surface area contributed by atoms with Gasteiger partial charge >= 0.3 is 5.97 Å². The molecule has 3 N–H and O–H groups in total. The molecule has 0 spiro atoms. The fourth-order valence-corrected chi connectivity index (χ4v) is 2.85. The smallest absolute Gasteiger partial charge is 0.335 e. The molecule has 2 aromatic rings. The Bertz CT molecular complexity index is 684. The molecule has 104 valence electrons. The molecule has 20 heavy (non-hydrogen) atoms. The maximum Gasteiger partial charge on any atom is 0.335 e. The summed E-state index contributed by atoms with van der Waals surface area (Å²) in [6.45, 7) is 0. The van der Waals surface area contributed by atoms with E-state index in [1.807, 2.05) is 0 Å². The van der Waals surface area contributed by atoms with Gasteiger partial charge < -0.3 is 15.7 Å². The number of thiophene rings is 1. The third kappa shape index (κ3) is 2.83. The Morgan fingerprint density at radius 2 is 2.00 bits per heavy atom. The highest BCUT2D eigenvalue weighted by molar-refractivity contribution is 9.11. The van der Waals surface area contributed by atoms with Crippen LogP contribution < -0.4 is 10.6 Å². The molecular formula is C13H11BrN2O3S. The number of nitrogen functional groups attached to an aromatic ring is 1. The highest BCUT2D eigenvalue weighted by Gasteiger charge is 2.17. The lowest BCUT2D eigenvalue weighted by molar-refractivity contribution is 0.0697. The molecule has 0 aliphatic rings. The quantitative estimate of drug-likeness (QED) is 0.829. The molecule has 5 nitrogen and oxygen atoms in total. The number of nitrogens with two attached hydrogens (primary N) is 1. The Kier molecular flexibility index (Phi) is 4.10. The number of carboxylic acids is 1. The summed E-state index contributed by atoms with van der Waals surface area (Å²) in [5.74, 6) is -1.26. The van der Waals surface area contributed by atoms with E-state index >= 15 is 0 Å². The second-order valence-electron chi connectivity index (χ2n) is 4.08.